The molecule has 0 saturated carbocycles. The monoisotopic (exact) mass is 212 g/mol. The van der Waals surface area contributed by atoms with Crippen LogP contribution in [0.25, 0.3) is 5.32 Å². The molecule has 0 atom stereocenters. The number of hydrogen-bond donors (Lipinski definition) is 0. The van der Waals surface area contributed by atoms with E-state index in [2.05, 4.69) is 10.6 Å². The zero-order chi connectivity index (χ0) is 10.7. The Labute approximate surface area is 86.5 Å². The van der Waals surface area contributed by atoms with Crippen molar-refractivity contribution in [3.8, 4) is 0 Å². The van der Waals surface area contributed by atoms with E-state index < -0.39 is 0 Å². The minimum Gasteiger partial charge on any atom is -0.589 e. The van der Waals surface area contributed by atoms with E-state index in [1.54, 1.807) is 11.0 Å². The quantitative estimate of drug-likeness (QED) is 0.617. The van der Waals surface area contributed by atoms with Crippen molar-refractivity contribution in [2.75, 3.05) is 31.3 Å². The lowest BCUT2D eigenvalue weighted by Crippen LogP contribution is -2.62. The highest BCUT2D eigenvalue weighted by molar-refractivity contribution is 5.92. The van der Waals surface area contributed by atoms with Crippen LogP contribution in [0.4, 0.5) is 5.88 Å². The molecule has 1 fully saturated rings. The first-order chi connectivity index (χ1) is 7.25. The molecule has 0 N–H and O–H groups in total. The van der Waals surface area contributed by atoms with Gasteiger partial charge < -0.3 is 19.4 Å². The molecule has 0 radical (unpaired) electrons. The number of hydrogen-bond acceptors (Lipinski definition) is 5. The highest BCUT2D eigenvalue weighted by atomic mass is 16.5. The number of amides is 1. The lowest BCUT2D eigenvalue weighted by molar-refractivity contribution is -0.759. The number of nitrogens with zero attached hydrogens (tertiary/aromatic N) is 4. The largest absolute Gasteiger partial charge is 0.589 e. The van der Waals surface area contributed by atoms with E-state index in [-0.39, 0.29) is 11.8 Å². The molecule has 0 spiro atoms. The van der Waals surface area contributed by atoms with Crippen molar-refractivity contribution in [1.82, 2.24) is 5.27 Å². The molecule has 15 heavy (non-hydrogen) atoms. The zero-order valence-electron chi connectivity index (χ0n) is 8.42. The third kappa shape index (κ3) is 2.44. The number of carbonyl (C=O) groups is 1. The number of ether oxygens (including phenoxy) is 1. The topological polar surface area (TPSA) is 73.6 Å². The zero-order valence-corrected chi connectivity index (χ0v) is 8.42. The van der Waals surface area contributed by atoms with Crippen LogP contribution < -0.4 is 9.80 Å². The van der Waals surface area contributed by atoms with Gasteiger partial charge in [-0.1, -0.05) is 0 Å². The fraction of sp³-hybridized carbons (Fsp3) is 0.625. The van der Waals surface area contributed by atoms with Crippen molar-refractivity contribution in [2.45, 2.75) is 6.92 Å². The molecule has 1 saturated heterocycles. The summed E-state index contributed by atoms with van der Waals surface area (Å²) >= 11 is 0. The average molecular weight is 212 g/mol. The van der Waals surface area contributed by atoms with Crippen molar-refractivity contribution < 1.29 is 18.8 Å². The van der Waals surface area contributed by atoms with Crippen LogP contribution in [0.3, 0.4) is 0 Å². The Morgan fingerprint density at radius 3 is 3.00 bits per heavy atom. The number of aromatic nitrogens is 2. The van der Waals surface area contributed by atoms with E-state index in [4.69, 9.17) is 9.26 Å². The molecule has 0 aliphatic carbocycles. The fourth-order valence-corrected chi connectivity index (χ4v) is 1.33. The maximum Gasteiger partial charge on any atom is 0.257 e. The van der Waals surface area contributed by atoms with Crippen LogP contribution in [0.15, 0.2) is 10.7 Å². The van der Waals surface area contributed by atoms with Gasteiger partial charge in [-0.3, -0.25) is 0 Å². The van der Waals surface area contributed by atoms with Crippen LogP contribution in [0.1, 0.15) is 6.92 Å². The standard InChI is InChI=1S/C8H12N4O3/c1-7(13)9-8-6-12(10-15-8)11-2-4-14-5-3-11/h6H,2-5H2,1H3. The van der Waals surface area contributed by atoms with E-state index >= 15 is 0 Å². The van der Waals surface area contributed by atoms with Gasteiger partial charge in [0.1, 0.15) is 5.88 Å². The van der Waals surface area contributed by atoms with Gasteiger partial charge in [0.2, 0.25) is 5.27 Å². The molecule has 1 amide bonds. The van der Waals surface area contributed by atoms with Gasteiger partial charge in [0.15, 0.2) is 0 Å². The van der Waals surface area contributed by atoms with Gasteiger partial charge in [0.05, 0.1) is 37.0 Å². The highest BCUT2D eigenvalue weighted by Gasteiger charge is 2.20. The summed E-state index contributed by atoms with van der Waals surface area (Å²) in [7, 11) is 0. The molecule has 2 rings (SSSR count). The molecular weight excluding hydrogens is 200 g/mol. The van der Waals surface area contributed by atoms with Crippen molar-refractivity contribution in [1.29, 1.82) is 0 Å². The first kappa shape index (κ1) is 9.91. The van der Waals surface area contributed by atoms with Crippen LogP contribution in [0.2, 0.25) is 0 Å². The molecule has 1 aliphatic heterocycles. The molecule has 2 heterocycles. The summed E-state index contributed by atoms with van der Waals surface area (Å²) in [4.78, 5) is 12.2. The molecule has 7 nitrogen and oxygen atoms in total. The molecule has 1 aliphatic rings. The third-order valence-electron chi connectivity index (χ3n) is 1.99. The van der Waals surface area contributed by atoms with Gasteiger partial charge in [0, 0.05) is 0 Å². The van der Waals surface area contributed by atoms with E-state index in [9.17, 15) is 4.79 Å². The van der Waals surface area contributed by atoms with Crippen molar-refractivity contribution in [3.05, 3.63) is 11.5 Å². The van der Waals surface area contributed by atoms with Gasteiger partial charge >= 0.3 is 0 Å². The first-order valence-corrected chi connectivity index (χ1v) is 4.69. The second-order valence-electron chi connectivity index (χ2n) is 3.16. The minimum absolute atomic E-state index is 0.217. The summed E-state index contributed by atoms with van der Waals surface area (Å²) in [6.45, 7) is 4.19. The minimum atomic E-state index is -0.305. The van der Waals surface area contributed by atoms with Crippen LogP contribution in [-0.2, 0) is 9.53 Å². The Balaban J connectivity index is 2.02. The molecule has 7 heteroatoms. The fourth-order valence-electron chi connectivity index (χ4n) is 1.33. The molecule has 0 bridgehead atoms. The Hall–Kier alpha value is -1.63. The second kappa shape index (κ2) is 4.26. The Morgan fingerprint density at radius 1 is 1.60 bits per heavy atom. The average Bonchev–Trinajstić information content (AvgIpc) is 2.67. The molecule has 0 aromatic carbocycles. The van der Waals surface area contributed by atoms with Crippen LogP contribution >= 0.6 is 0 Å². The van der Waals surface area contributed by atoms with Crippen molar-refractivity contribution in [2.24, 2.45) is 0 Å². The highest BCUT2D eigenvalue weighted by Crippen LogP contribution is 2.13. The van der Waals surface area contributed by atoms with Crippen LogP contribution in [-0.4, -0.2) is 37.5 Å². The van der Waals surface area contributed by atoms with E-state index in [1.165, 1.54) is 6.92 Å². The summed E-state index contributed by atoms with van der Waals surface area (Å²) in [5, 5.41) is 9.34. The van der Waals surface area contributed by atoms with E-state index in [0.29, 0.717) is 13.2 Å². The summed E-state index contributed by atoms with van der Waals surface area (Å²) in [6, 6.07) is 0. The Kier molecular flexibility index (Phi) is 2.82. The molecular formula is C8H12N4O3. The van der Waals surface area contributed by atoms with Gasteiger partial charge in [-0.05, 0) is 6.92 Å². The van der Waals surface area contributed by atoms with Crippen LogP contribution in [0, 0.1) is 0 Å². The van der Waals surface area contributed by atoms with E-state index in [0.717, 1.165) is 13.1 Å². The Bertz CT molecular complexity index is 345. The summed E-state index contributed by atoms with van der Waals surface area (Å²) in [5.41, 5.74) is 0. The predicted octanol–water partition coefficient (Wildman–Crippen LogP) is -0.518. The lowest BCUT2D eigenvalue weighted by Gasteiger charge is -2.18. The molecule has 82 valence electrons. The molecule has 1 aromatic rings. The maximum absolute atomic E-state index is 10.7. The number of carbonyl (C=O) groups excluding carboxylic acids is 1. The van der Waals surface area contributed by atoms with Crippen molar-refractivity contribution in [3.63, 3.8) is 0 Å². The first-order valence-electron chi connectivity index (χ1n) is 4.69. The second-order valence-corrected chi connectivity index (χ2v) is 3.16. The van der Waals surface area contributed by atoms with Crippen LogP contribution in [0.5, 0.6) is 0 Å². The van der Waals surface area contributed by atoms with Gasteiger partial charge in [-0.25, -0.2) is 0 Å². The normalized spacial score (nSPS) is 16.5. The van der Waals surface area contributed by atoms with Crippen molar-refractivity contribution >= 4 is 11.8 Å². The summed E-state index contributed by atoms with van der Waals surface area (Å²) in [6.07, 6.45) is 1.58. The third-order valence-corrected chi connectivity index (χ3v) is 1.99. The maximum atomic E-state index is 10.7. The smallest absolute Gasteiger partial charge is 0.257 e. The van der Waals surface area contributed by atoms with Gasteiger partial charge in [-0.15, -0.1) is 5.01 Å². The van der Waals surface area contributed by atoms with Gasteiger partial charge in [0.25, 0.3) is 6.20 Å². The number of rotatable bonds is 2. The Morgan fingerprint density at radius 2 is 2.33 bits per heavy atom. The van der Waals surface area contributed by atoms with E-state index in [1.807, 2.05) is 5.01 Å². The molecule has 1 aromatic heterocycles. The molecule has 0 unspecified atom stereocenters. The lowest BCUT2D eigenvalue weighted by atomic mass is 10.5. The summed E-state index contributed by atoms with van der Waals surface area (Å²) < 4.78 is 10.1. The number of morpholine rings is 1. The predicted molar refractivity (Wildman–Crippen MR) is 49.2 cm³/mol. The van der Waals surface area contributed by atoms with Gasteiger partial charge in [-0.2, -0.15) is 0 Å². The SMILES string of the molecule is CC(=O)[N-]c1c[n+](N2CCOCC2)no1. The summed E-state index contributed by atoms with van der Waals surface area (Å²) in [5.74, 6) is -0.0886.